The predicted octanol–water partition coefficient (Wildman–Crippen LogP) is 4.41. The summed E-state index contributed by atoms with van der Waals surface area (Å²) in [5.74, 6) is -1.10. The van der Waals surface area contributed by atoms with Gasteiger partial charge in [0.1, 0.15) is 18.2 Å². The van der Waals surface area contributed by atoms with Crippen LogP contribution in [-0.4, -0.2) is 36.7 Å². The molecule has 0 bridgehead atoms. The Hall–Kier alpha value is -2.75. The van der Waals surface area contributed by atoms with Crippen molar-refractivity contribution in [1.29, 1.82) is 0 Å². The van der Waals surface area contributed by atoms with E-state index in [-0.39, 0.29) is 10.7 Å². The summed E-state index contributed by atoms with van der Waals surface area (Å²) < 4.78 is 44.3. The number of aromatic nitrogens is 5. The van der Waals surface area contributed by atoms with Crippen molar-refractivity contribution in [2.45, 2.75) is 18.1 Å². The van der Waals surface area contributed by atoms with Crippen LogP contribution in [0.5, 0.6) is 0 Å². The standard InChI is InChI=1S/C19H12Cl2F3N5O/c20-11-3-6-15-10(7-11)1-5-16(26-15)17(29-9-25-27-28-29)19(30,18(23)24)13-4-2-12(21)8-14(13)22/h1-9,17-18,30H. The van der Waals surface area contributed by atoms with Gasteiger partial charge in [-0.1, -0.05) is 35.3 Å². The zero-order chi connectivity index (χ0) is 21.5. The summed E-state index contributed by atoms with van der Waals surface area (Å²) in [4.78, 5) is 4.38. The molecule has 154 valence electrons. The van der Waals surface area contributed by atoms with Gasteiger partial charge < -0.3 is 5.11 Å². The molecule has 2 aromatic heterocycles. The number of nitrogens with zero attached hydrogens (tertiary/aromatic N) is 5. The summed E-state index contributed by atoms with van der Waals surface area (Å²) in [6.07, 6.45) is -2.38. The van der Waals surface area contributed by atoms with Gasteiger partial charge in [-0.3, -0.25) is 4.98 Å². The molecule has 2 aromatic carbocycles. The Bertz CT molecular complexity index is 1210. The maximum absolute atomic E-state index is 14.6. The van der Waals surface area contributed by atoms with Crippen LogP contribution in [-0.2, 0) is 5.60 Å². The average Bonchev–Trinajstić information content (AvgIpc) is 3.22. The highest BCUT2D eigenvalue weighted by molar-refractivity contribution is 6.31. The van der Waals surface area contributed by atoms with E-state index in [1.807, 2.05) is 0 Å². The van der Waals surface area contributed by atoms with Crippen LogP contribution < -0.4 is 0 Å². The summed E-state index contributed by atoms with van der Waals surface area (Å²) in [7, 11) is 0. The highest BCUT2D eigenvalue weighted by Gasteiger charge is 2.52. The molecule has 0 saturated heterocycles. The quantitative estimate of drug-likeness (QED) is 0.484. The molecule has 0 aliphatic carbocycles. The second-order valence-corrected chi connectivity index (χ2v) is 7.39. The van der Waals surface area contributed by atoms with Crippen LogP contribution in [0.2, 0.25) is 10.0 Å². The van der Waals surface area contributed by atoms with Gasteiger partial charge in [0, 0.05) is 21.0 Å². The molecule has 4 aromatic rings. The smallest absolute Gasteiger partial charge is 0.273 e. The largest absolute Gasteiger partial charge is 0.377 e. The fraction of sp³-hybridized carbons (Fsp3) is 0.158. The SMILES string of the molecule is OC(c1ccc(Cl)cc1F)(C(F)F)C(c1ccc2cc(Cl)ccc2n1)n1cnnn1. The number of fused-ring (bicyclic) bond motifs is 1. The molecule has 1 N–H and O–H groups in total. The lowest BCUT2D eigenvalue weighted by atomic mass is 9.84. The van der Waals surface area contributed by atoms with Gasteiger partial charge in [0.05, 0.1) is 11.2 Å². The third kappa shape index (κ3) is 3.49. The summed E-state index contributed by atoms with van der Waals surface area (Å²) in [5.41, 5.74) is -3.30. The Morgan fingerprint density at radius 1 is 1.00 bits per heavy atom. The number of benzene rings is 2. The normalized spacial score (nSPS) is 14.8. The molecule has 0 aliphatic rings. The Balaban J connectivity index is 1.97. The molecule has 30 heavy (non-hydrogen) atoms. The highest BCUT2D eigenvalue weighted by Crippen LogP contribution is 2.43. The van der Waals surface area contributed by atoms with E-state index in [0.29, 0.717) is 15.9 Å². The van der Waals surface area contributed by atoms with Crippen molar-refractivity contribution in [2.24, 2.45) is 0 Å². The molecule has 2 atom stereocenters. The summed E-state index contributed by atoms with van der Waals surface area (Å²) >= 11 is 11.7. The molecule has 4 rings (SSSR count). The van der Waals surface area contributed by atoms with Crippen LogP contribution in [0.1, 0.15) is 17.3 Å². The number of halogens is 5. The van der Waals surface area contributed by atoms with Gasteiger partial charge in [-0.25, -0.2) is 17.9 Å². The van der Waals surface area contributed by atoms with Crippen molar-refractivity contribution in [3.63, 3.8) is 0 Å². The number of tetrazole rings is 1. The van der Waals surface area contributed by atoms with Crippen LogP contribution in [0.3, 0.4) is 0 Å². The minimum absolute atomic E-state index is 0.00530. The van der Waals surface area contributed by atoms with Gasteiger partial charge in [-0.05, 0) is 46.8 Å². The lowest BCUT2D eigenvalue weighted by molar-refractivity contribution is -0.130. The number of hydrogen-bond donors (Lipinski definition) is 1. The molecule has 0 spiro atoms. The van der Waals surface area contributed by atoms with Crippen molar-refractivity contribution in [3.05, 3.63) is 82.0 Å². The summed E-state index contributed by atoms with van der Waals surface area (Å²) in [6, 6.07) is 9.27. The van der Waals surface area contributed by atoms with Gasteiger partial charge in [0.25, 0.3) is 6.43 Å². The van der Waals surface area contributed by atoms with Gasteiger partial charge in [-0.2, -0.15) is 0 Å². The first-order valence-corrected chi connectivity index (χ1v) is 9.31. The Kier molecular flexibility index (Phi) is 5.35. The third-order valence-electron chi connectivity index (χ3n) is 4.69. The van der Waals surface area contributed by atoms with Crippen molar-refractivity contribution in [2.75, 3.05) is 0 Å². The predicted molar refractivity (Wildman–Crippen MR) is 104 cm³/mol. The maximum Gasteiger partial charge on any atom is 0.273 e. The highest BCUT2D eigenvalue weighted by atomic mass is 35.5. The molecule has 0 saturated carbocycles. The summed E-state index contributed by atoms with van der Waals surface area (Å²) in [6.45, 7) is 0. The van der Waals surface area contributed by atoms with E-state index in [4.69, 9.17) is 23.2 Å². The number of hydrogen-bond acceptors (Lipinski definition) is 5. The lowest BCUT2D eigenvalue weighted by Crippen LogP contribution is -2.45. The monoisotopic (exact) mass is 453 g/mol. The van der Waals surface area contributed by atoms with E-state index >= 15 is 0 Å². The minimum atomic E-state index is -3.43. The molecular weight excluding hydrogens is 442 g/mol. The molecule has 6 nitrogen and oxygen atoms in total. The Labute approximate surface area is 177 Å². The van der Waals surface area contributed by atoms with Gasteiger partial charge in [0.15, 0.2) is 5.60 Å². The van der Waals surface area contributed by atoms with Gasteiger partial charge in [0.2, 0.25) is 0 Å². The molecule has 0 radical (unpaired) electrons. The maximum atomic E-state index is 14.6. The topological polar surface area (TPSA) is 76.7 Å². The summed E-state index contributed by atoms with van der Waals surface area (Å²) in [5, 5.41) is 22.9. The number of rotatable bonds is 5. The zero-order valence-electron chi connectivity index (χ0n) is 14.9. The minimum Gasteiger partial charge on any atom is -0.377 e. The first-order chi connectivity index (χ1) is 14.3. The molecule has 2 heterocycles. The first-order valence-electron chi connectivity index (χ1n) is 8.55. The Morgan fingerprint density at radius 2 is 1.73 bits per heavy atom. The number of pyridine rings is 1. The second-order valence-electron chi connectivity index (χ2n) is 6.52. The Morgan fingerprint density at radius 3 is 2.40 bits per heavy atom. The third-order valence-corrected chi connectivity index (χ3v) is 5.16. The van der Waals surface area contributed by atoms with Crippen LogP contribution in [0, 0.1) is 5.82 Å². The van der Waals surface area contributed by atoms with E-state index < -0.39 is 29.4 Å². The first kappa shape index (κ1) is 20.5. The van der Waals surface area contributed by atoms with Gasteiger partial charge >= 0.3 is 0 Å². The number of aliphatic hydroxyl groups is 1. The van der Waals surface area contributed by atoms with Crippen LogP contribution in [0.25, 0.3) is 10.9 Å². The molecular formula is C19H12Cl2F3N5O. The van der Waals surface area contributed by atoms with Crippen LogP contribution in [0.4, 0.5) is 13.2 Å². The van der Waals surface area contributed by atoms with Crippen molar-refractivity contribution in [3.8, 4) is 0 Å². The van der Waals surface area contributed by atoms with E-state index in [1.54, 1.807) is 24.3 Å². The van der Waals surface area contributed by atoms with E-state index in [1.165, 1.54) is 12.1 Å². The molecule has 0 fully saturated rings. The molecule has 11 heteroatoms. The van der Waals surface area contributed by atoms with Crippen LogP contribution in [0.15, 0.2) is 54.9 Å². The molecule has 0 amide bonds. The molecule has 0 aliphatic heterocycles. The van der Waals surface area contributed by atoms with Gasteiger partial charge in [-0.15, -0.1) is 5.10 Å². The van der Waals surface area contributed by atoms with E-state index in [2.05, 4.69) is 20.5 Å². The second kappa shape index (κ2) is 7.82. The van der Waals surface area contributed by atoms with Crippen LogP contribution >= 0.6 is 23.2 Å². The molecule has 2 unspecified atom stereocenters. The van der Waals surface area contributed by atoms with E-state index in [0.717, 1.165) is 23.1 Å². The number of alkyl halides is 2. The average molecular weight is 454 g/mol. The van der Waals surface area contributed by atoms with Crippen molar-refractivity contribution >= 4 is 34.1 Å². The van der Waals surface area contributed by atoms with Crippen molar-refractivity contribution in [1.82, 2.24) is 25.2 Å². The van der Waals surface area contributed by atoms with E-state index in [9.17, 15) is 18.3 Å². The fourth-order valence-corrected chi connectivity index (χ4v) is 3.65. The van der Waals surface area contributed by atoms with Crippen molar-refractivity contribution < 1.29 is 18.3 Å². The zero-order valence-corrected chi connectivity index (χ0v) is 16.4. The fourth-order valence-electron chi connectivity index (χ4n) is 3.31. The lowest BCUT2D eigenvalue weighted by Gasteiger charge is -2.35.